The van der Waals surface area contributed by atoms with Crippen molar-refractivity contribution in [2.75, 3.05) is 5.48 Å². The zero-order chi connectivity index (χ0) is 13.8. The largest absolute Gasteiger partial charge is 0.478 e. The molecule has 0 radical (unpaired) electrons. The van der Waals surface area contributed by atoms with Crippen molar-refractivity contribution in [1.29, 1.82) is 0 Å². The maximum Gasteiger partial charge on any atom is 0.335 e. The van der Waals surface area contributed by atoms with E-state index in [2.05, 4.69) is 5.48 Å². The van der Waals surface area contributed by atoms with E-state index in [-0.39, 0.29) is 5.56 Å². The third-order valence-electron chi connectivity index (χ3n) is 2.97. The molecule has 19 heavy (non-hydrogen) atoms. The molecule has 3 N–H and O–H groups in total. The number of anilines is 1. The normalized spacial score (nSPS) is 10.2. The summed E-state index contributed by atoms with van der Waals surface area (Å²) in [6.45, 7) is 2.02. The quantitative estimate of drug-likeness (QED) is 0.734. The standard InChI is InChI=1S/C15H15NO3/c1-2-10-6-13(9-14(7-10)16-19)11-4-3-5-12(8-11)15(17)18/h3-9,16,19H,2H2,1H3,(H,17,18). The van der Waals surface area contributed by atoms with Crippen LogP contribution in [0.2, 0.25) is 0 Å². The summed E-state index contributed by atoms with van der Waals surface area (Å²) in [7, 11) is 0. The van der Waals surface area contributed by atoms with E-state index in [0.29, 0.717) is 5.69 Å². The molecule has 0 atom stereocenters. The molecule has 0 aliphatic rings. The average Bonchev–Trinajstić information content (AvgIpc) is 2.46. The fraction of sp³-hybridized carbons (Fsp3) is 0.133. The molecule has 0 fully saturated rings. The monoisotopic (exact) mass is 257 g/mol. The van der Waals surface area contributed by atoms with Gasteiger partial charge in [-0.2, -0.15) is 0 Å². The number of nitrogens with one attached hydrogen (secondary N) is 1. The van der Waals surface area contributed by atoms with Gasteiger partial charge in [-0.25, -0.2) is 4.79 Å². The van der Waals surface area contributed by atoms with Gasteiger partial charge in [-0.05, 0) is 47.4 Å². The number of carbonyl (C=O) groups is 1. The first-order valence-corrected chi connectivity index (χ1v) is 6.02. The molecule has 2 aromatic carbocycles. The molecular formula is C15H15NO3. The SMILES string of the molecule is CCc1cc(NO)cc(-c2cccc(C(=O)O)c2)c1. The second kappa shape index (κ2) is 5.54. The van der Waals surface area contributed by atoms with Gasteiger partial charge in [-0.15, -0.1) is 0 Å². The number of rotatable bonds is 4. The van der Waals surface area contributed by atoms with Crippen molar-refractivity contribution in [3.63, 3.8) is 0 Å². The second-order valence-electron chi connectivity index (χ2n) is 4.27. The Morgan fingerprint density at radius 2 is 1.95 bits per heavy atom. The maximum absolute atomic E-state index is 11.0. The third-order valence-corrected chi connectivity index (χ3v) is 2.97. The summed E-state index contributed by atoms with van der Waals surface area (Å²) in [6.07, 6.45) is 0.834. The Labute approximate surface area is 111 Å². The fourth-order valence-electron chi connectivity index (χ4n) is 1.96. The molecule has 0 amide bonds. The minimum absolute atomic E-state index is 0.248. The zero-order valence-electron chi connectivity index (χ0n) is 10.6. The summed E-state index contributed by atoms with van der Waals surface area (Å²) in [5.74, 6) is -0.950. The van der Waals surface area contributed by atoms with Gasteiger partial charge in [-0.3, -0.25) is 10.7 Å². The number of carboxylic acid groups (broad SMARTS) is 1. The lowest BCUT2D eigenvalue weighted by Crippen LogP contribution is -1.96. The van der Waals surface area contributed by atoms with Gasteiger partial charge < -0.3 is 5.11 Å². The van der Waals surface area contributed by atoms with Crippen LogP contribution in [0.15, 0.2) is 42.5 Å². The van der Waals surface area contributed by atoms with Crippen molar-refractivity contribution in [1.82, 2.24) is 0 Å². The molecule has 2 aromatic rings. The Kier molecular flexibility index (Phi) is 3.82. The van der Waals surface area contributed by atoms with Crippen molar-refractivity contribution >= 4 is 11.7 Å². The molecule has 0 saturated carbocycles. The van der Waals surface area contributed by atoms with Crippen LogP contribution >= 0.6 is 0 Å². The molecule has 2 rings (SSSR count). The Morgan fingerprint density at radius 3 is 2.58 bits per heavy atom. The topological polar surface area (TPSA) is 69.6 Å². The van der Waals surface area contributed by atoms with E-state index >= 15 is 0 Å². The molecule has 0 heterocycles. The lowest BCUT2D eigenvalue weighted by atomic mass is 9.99. The van der Waals surface area contributed by atoms with Crippen LogP contribution in [0.1, 0.15) is 22.8 Å². The highest BCUT2D eigenvalue weighted by molar-refractivity contribution is 5.89. The maximum atomic E-state index is 11.0. The molecule has 0 saturated heterocycles. The number of carboxylic acids is 1. The summed E-state index contributed by atoms with van der Waals surface area (Å²) in [6, 6.07) is 12.4. The number of aryl methyl sites for hydroxylation is 1. The van der Waals surface area contributed by atoms with E-state index in [9.17, 15) is 4.79 Å². The molecular weight excluding hydrogens is 242 g/mol. The molecule has 98 valence electrons. The lowest BCUT2D eigenvalue weighted by Gasteiger charge is -2.09. The molecule has 0 aromatic heterocycles. The Morgan fingerprint density at radius 1 is 1.16 bits per heavy atom. The van der Waals surface area contributed by atoms with E-state index in [1.807, 2.05) is 25.1 Å². The summed E-state index contributed by atoms with van der Waals surface area (Å²) >= 11 is 0. The number of aromatic carboxylic acids is 1. The van der Waals surface area contributed by atoms with Gasteiger partial charge in [0.15, 0.2) is 0 Å². The van der Waals surface area contributed by atoms with Crippen molar-refractivity contribution in [2.24, 2.45) is 0 Å². The van der Waals surface area contributed by atoms with Gasteiger partial charge in [0.2, 0.25) is 0 Å². The predicted molar refractivity (Wildman–Crippen MR) is 73.6 cm³/mol. The average molecular weight is 257 g/mol. The molecule has 0 aliphatic heterocycles. The summed E-state index contributed by atoms with van der Waals surface area (Å²) in [4.78, 5) is 11.0. The van der Waals surface area contributed by atoms with Crippen molar-refractivity contribution in [2.45, 2.75) is 13.3 Å². The predicted octanol–water partition coefficient (Wildman–Crippen LogP) is 3.42. The minimum Gasteiger partial charge on any atom is -0.478 e. The first kappa shape index (κ1) is 13.1. The van der Waals surface area contributed by atoms with E-state index in [1.165, 1.54) is 0 Å². The minimum atomic E-state index is -0.950. The van der Waals surface area contributed by atoms with Crippen LogP contribution in [0.3, 0.4) is 0 Å². The lowest BCUT2D eigenvalue weighted by molar-refractivity contribution is 0.0697. The zero-order valence-corrected chi connectivity index (χ0v) is 10.6. The molecule has 4 nitrogen and oxygen atoms in total. The highest BCUT2D eigenvalue weighted by Gasteiger charge is 2.06. The van der Waals surface area contributed by atoms with E-state index in [0.717, 1.165) is 23.1 Å². The van der Waals surface area contributed by atoms with Gasteiger partial charge in [0.1, 0.15) is 0 Å². The van der Waals surface area contributed by atoms with E-state index in [1.54, 1.807) is 24.3 Å². The smallest absolute Gasteiger partial charge is 0.335 e. The van der Waals surface area contributed by atoms with Crippen molar-refractivity contribution in [3.8, 4) is 11.1 Å². The van der Waals surface area contributed by atoms with E-state index < -0.39 is 5.97 Å². The number of hydrogen-bond donors (Lipinski definition) is 3. The van der Waals surface area contributed by atoms with Gasteiger partial charge in [0, 0.05) is 0 Å². The van der Waals surface area contributed by atoms with Crippen LogP contribution < -0.4 is 5.48 Å². The molecule has 0 aliphatic carbocycles. The van der Waals surface area contributed by atoms with Crippen LogP contribution in [0.5, 0.6) is 0 Å². The van der Waals surface area contributed by atoms with Crippen LogP contribution in [0.4, 0.5) is 5.69 Å². The number of hydrogen-bond acceptors (Lipinski definition) is 3. The van der Waals surface area contributed by atoms with Crippen LogP contribution in [-0.4, -0.2) is 16.3 Å². The Balaban J connectivity index is 2.51. The van der Waals surface area contributed by atoms with Gasteiger partial charge in [0.05, 0.1) is 11.3 Å². The van der Waals surface area contributed by atoms with Crippen LogP contribution in [-0.2, 0) is 6.42 Å². The van der Waals surface area contributed by atoms with Gasteiger partial charge in [-0.1, -0.05) is 25.1 Å². The summed E-state index contributed by atoms with van der Waals surface area (Å²) in [5, 5.41) is 18.0. The van der Waals surface area contributed by atoms with Gasteiger partial charge in [0.25, 0.3) is 0 Å². The highest BCUT2D eigenvalue weighted by Crippen LogP contribution is 2.25. The van der Waals surface area contributed by atoms with Gasteiger partial charge >= 0.3 is 5.97 Å². The highest BCUT2D eigenvalue weighted by atomic mass is 16.5. The molecule has 0 spiro atoms. The second-order valence-corrected chi connectivity index (χ2v) is 4.27. The van der Waals surface area contributed by atoms with Crippen molar-refractivity contribution < 1.29 is 15.1 Å². The van der Waals surface area contributed by atoms with Crippen molar-refractivity contribution in [3.05, 3.63) is 53.6 Å². The fourth-order valence-corrected chi connectivity index (χ4v) is 1.96. The first-order valence-electron chi connectivity index (χ1n) is 6.02. The summed E-state index contributed by atoms with van der Waals surface area (Å²) in [5.41, 5.74) is 5.72. The Hall–Kier alpha value is -2.33. The van der Waals surface area contributed by atoms with E-state index in [4.69, 9.17) is 10.3 Å². The molecule has 4 heteroatoms. The van der Waals surface area contributed by atoms with Crippen LogP contribution in [0.25, 0.3) is 11.1 Å². The third kappa shape index (κ3) is 2.92. The summed E-state index contributed by atoms with van der Waals surface area (Å²) < 4.78 is 0. The van der Waals surface area contributed by atoms with Crippen LogP contribution in [0, 0.1) is 0 Å². The number of benzene rings is 2. The molecule has 0 bridgehead atoms. The Bertz CT molecular complexity index is 586. The molecule has 0 unspecified atom stereocenters. The first-order chi connectivity index (χ1) is 9.13.